The van der Waals surface area contributed by atoms with Gasteiger partial charge >= 0.3 is 0 Å². The molecule has 136 valence electrons. The third-order valence-corrected chi connectivity index (χ3v) is 4.85. The van der Waals surface area contributed by atoms with Crippen LogP contribution in [0, 0.1) is 12.7 Å². The Kier molecular flexibility index (Phi) is 5.83. The van der Waals surface area contributed by atoms with E-state index in [9.17, 15) is 4.39 Å². The SMILES string of the molecule is CCNC(=S)N(CCc1c(C)[nH]c2ccc(F)cc12)Cc1ccncc1. The number of hydrogen-bond donors (Lipinski definition) is 2. The van der Waals surface area contributed by atoms with Gasteiger partial charge in [0.2, 0.25) is 0 Å². The van der Waals surface area contributed by atoms with Gasteiger partial charge in [0.1, 0.15) is 5.82 Å². The van der Waals surface area contributed by atoms with Crippen LogP contribution in [0.1, 0.15) is 23.7 Å². The summed E-state index contributed by atoms with van der Waals surface area (Å²) in [6.07, 6.45) is 4.36. The van der Waals surface area contributed by atoms with Crippen molar-refractivity contribution in [1.29, 1.82) is 0 Å². The Bertz CT molecular complexity index is 891. The van der Waals surface area contributed by atoms with E-state index in [4.69, 9.17) is 12.2 Å². The van der Waals surface area contributed by atoms with Gasteiger partial charge in [-0.05, 0) is 73.9 Å². The summed E-state index contributed by atoms with van der Waals surface area (Å²) in [5.41, 5.74) is 4.33. The molecule has 0 spiro atoms. The molecule has 2 N–H and O–H groups in total. The number of aromatic amines is 1. The van der Waals surface area contributed by atoms with Crippen molar-refractivity contribution >= 4 is 28.2 Å². The summed E-state index contributed by atoms with van der Waals surface area (Å²) in [6, 6.07) is 8.86. The molecule has 6 heteroatoms. The number of fused-ring (bicyclic) bond motifs is 1. The lowest BCUT2D eigenvalue weighted by Crippen LogP contribution is -2.40. The van der Waals surface area contributed by atoms with E-state index in [0.29, 0.717) is 6.54 Å². The van der Waals surface area contributed by atoms with Gasteiger partial charge in [-0.3, -0.25) is 4.98 Å². The number of aryl methyl sites for hydroxylation is 1. The number of aromatic nitrogens is 2. The molecular formula is C20H23FN4S. The summed E-state index contributed by atoms with van der Waals surface area (Å²) in [7, 11) is 0. The molecule has 0 aliphatic rings. The van der Waals surface area contributed by atoms with Gasteiger partial charge < -0.3 is 15.2 Å². The molecule has 2 aromatic heterocycles. The molecule has 0 saturated carbocycles. The number of halogens is 1. The lowest BCUT2D eigenvalue weighted by atomic mass is 10.1. The molecule has 2 heterocycles. The predicted octanol–water partition coefficient (Wildman–Crippen LogP) is 3.95. The van der Waals surface area contributed by atoms with Gasteiger partial charge in [0.05, 0.1) is 0 Å². The van der Waals surface area contributed by atoms with Gasteiger partial charge in [-0.15, -0.1) is 0 Å². The van der Waals surface area contributed by atoms with Crippen molar-refractivity contribution in [3.8, 4) is 0 Å². The van der Waals surface area contributed by atoms with E-state index in [0.717, 1.165) is 52.3 Å². The fourth-order valence-electron chi connectivity index (χ4n) is 3.15. The summed E-state index contributed by atoms with van der Waals surface area (Å²) >= 11 is 5.55. The molecule has 0 saturated heterocycles. The summed E-state index contributed by atoms with van der Waals surface area (Å²) < 4.78 is 13.7. The van der Waals surface area contributed by atoms with Crippen molar-refractivity contribution in [2.24, 2.45) is 0 Å². The number of benzene rings is 1. The normalized spacial score (nSPS) is 10.9. The van der Waals surface area contributed by atoms with E-state index >= 15 is 0 Å². The molecule has 3 rings (SSSR count). The van der Waals surface area contributed by atoms with E-state index in [-0.39, 0.29) is 5.82 Å². The molecule has 0 atom stereocenters. The maximum Gasteiger partial charge on any atom is 0.169 e. The third-order valence-electron chi connectivity index (χ3n) is 4.45. The maximum atomic E-state index is 13.7. The molecule has 26 heavy (non-hydrogen) atoms. The van der Waals surface area contributed by atoms with Crippen molar-refractivity contribution in [1.82, 2.24) is 20.2 Å². The summed E-state index contributed by atoms with van der Waals surface area (Å²) in [5.74, 6) is -0.213. The highest BCUT2D eigenvalue weighted by atomic mass is 32.1. The van der Waals surface area contributed by atoms with Crippen LogP contribution in [0.5, 0.6) is 0 Å². The highest BCUT2D eigenvalue weighted by Gasteiger charge is 2.14. The summed E-state index contributed by atoms with van der Waals surface area (Å²) in [4.78, 5) is 9.55. The van der Waals surface area contributed by atoms with E-state index in [1.165, 1.54) is 6.07 Å². The van der Waals surface area contributed by atoms with E-state index in [1.807, 2.05) is 26.0 Å². The van der Waals surface area contributed by atoms with Gasteiger partial charge in [-0.2, -0.15) is 0 Å². The van der Waals surface area contributed by atoms with Crippen molar-refractivity contribution in [3.05, 3.63) is 65.4 Å². The highest BCUT2D eigenvalue weighted by molar-refractivity contribution is 7.80. The first kappa shape index (κ1) is 18.3. The lowest BCUT2D eigenvalue weighted by molar-refractivity contribution is 0.410. The van der Waals surface area contributed by atoms with E-state index in [1.54, 1.807) is 24.5 Å². The first-order chi connectivity index (χ1) is 12.6. The minimum atomic E-state index is -0.213. The molecule has 4 nitrogen and oxygen atoms in total. The summed E-state index contributed by atoms with van der Waals surface area (Å²) in [6.45, 7) is 6.30. The molecule has 0 aliphatic heterocycles. The number of hydrogen-bond acceptors (Lipinski definition) is 2. The zero-order chi connectivity index (χ0) is 18.5. The van der Waals surface area contributed by atoms with Crippen LogP contribution in [0.15, 0.2) is 42.7 Å². The second-order valence-corrected chi connectivity index (χ2v) is 6.67. The standard InChI is InChI=1S/C20H23FN4S/c1-3-23-20(26)25(13-15-6-9-22-10-7-15)11-8-17-14(2)24-19-5-4-16(21)12-18(17)19/h4-7,9-10,12,24H,3,8,11,13H2,1-2H3,(H,23,26). The number of H-pyrrole nitrogens is 1. The minimum absolute atomic E-state index is 0.213. The third kappa shape index (κ3) is 4.19. The largest absolute Gasteiger partial charge is 0.363 e. The highest BCUT2D eigenvalue weighted by Crippen LogP contribution is 2.24. The number of rotatable bonds is 6. The van der Waals surface area contributed by atoms with E-state index < -0.39 is 0 Å². The predicted molar refractivity (Wildman–Crippen MR) is 108 cm³/mol. The van der Waals surface area contributed by atoms with Gasteiger partial charge in [0.25, 0.3) is 0 Å². The quantitative estimate of drug-likeness (QED) is 0.645. The fraction of sp³-hybridized carbons (Fsp3) is 0.300. The maximum absolute atomic E-state index is 13.7. The van der Waals surface area contributed by atoms with Crippen LogP contribution in [0.3, 0.4) is 0 Å². The van der Waals surface area contributed by atoms with Crippen LogP contribution in [0.2, 0.25) is 0 Å². The topological polar surface area (TPSA) is 44.0 Å². The minimum Gasteiger partial charge on any atom is -0.363 e. The van der Waals surface area contributed by atoms with Gasteiger partial charge in [-0.25, -0.2) is 4.39 Å². The molecule has 3 aromatic rings. The van der Waals surface area contributed by atoms with Crippen LogP contribution in [-0.2, 0) is 13.0 Å². The van der Waals surface area contributed by atoms with Crippen molar-refractivity contribution in [2.45, 2.75) is 26.8 Å². The summed E-state index contributed by atoms with van der Waals surface area (Å²) in [5, 5.41) is 4.91. The molecule has 1 aromatic carbocycles. The van der Waals surface area contributed by atoms with Gasteiger partial charge in [-0.1, -0.05) is 0 Å². The molecule has 0 bridgehead atoms. The number of nitrogens with one attached hydrogen (secondary N) is 2. The Morgan fingerprint density at radius 1 is 1.27 bits per heavy atom. The van der Waals surface area contributed by atoms with Crippen LogP contribution >= 0.6 is 12.2 Å². The zero-order valence-corrected chi connectivity index (χ0v) is 15.9. The fourth-order valence-corrected chi connectivity index (χ4v) is 3.45. The van der Waals surface area contributed by atoms with Gasteiger partial charge in [0, 0.05) is 48.6 Å². The number of pyridine rings is 1. The monoisotopic (exact) mass is 370 g/mol. The van der Waals surface area contributed by atoms with Crippen LogP contribution in [0.4, 0.5) is 4.39 Å². The smallest absolute Gasteiger partial charge is 0.169 e. The number of thiocarbonyl (C=S) groups is 1. The van der Waals surface area contributed by atoms with Crippen molar-refractivity contribution < 1.29 is 4.39 Å². The van der Waals surface area contributed by atoms with Gasteiger partial charge in [0.15, 0.2) is 5.11 Å². The Hall–Kier alpha value is -2.47. The lowest BCUT2D eigenvalue weighted by Gasteiger charge is -2.26. The second-order valence-electron chi connectivity index (χ2n) is 6.28. The van der Waals surface area contributed by atoms with Crippen LogP contribution < -0.4 is 5.32 Å². The average Bonchev–Trinajstić information content (AvgIpc) is 2.94. The van der Waals surface area contributed by atoms with Crippen molar-refractivity contribution in [3.63, 3.8) is 0 Å². The number of nitrogens with zero attached hydrogens (tertiary/aromatic N) is 2. The first-order valence-electron chi connectivity index (χ1n) is 8.77. The average molecular weight is 370 g/mol. The molecular weight excluding hydrogens is 347 g/mol. The Labute approximate surface area is 158 Å². The van der Waals surface area contributed by atoms with E-state index in [2.05, 4.69) is 20.2 Å². The second kappa shape index (κ2) is 8.27. The Morgan fingerprint density at radius 3 is 2.77 bits per heavy atom. The van der Waals surface area contributed by atoms with Crippen LogP contribution in [0.25, 0.3) is 10.9 Å². The molecule has 0 unspecified atom stereocenters. The zero-order valence-electron chi connectivity index (χ0n) is 15.1. The Balaban J connectivity index is 1.80. The molecule has 0 radical (unpaired) electrons. The Morgan fingerprint density at radius 2 is 2.04 bits per heavy atom. The molecule has 0 fully saturated rings. The molecule has 0 amide bonds. The van der Waals surface area contributed by atoms with Crippen molar-refractivity contribution in [2.75, 3.05) is 13.1 Å². The first-order valence-corrected chi connectivity index (χ1v) is 9.17. The van der Waals surface area contributed by atoms with Crippen LogP contribution in [-0.4, -0.2) is 33.1 Å². The molecule has 0 aliphatic carbocycles.